The molecule has 1 aromatic carbocycles. The molecule has 0 bridgehead atoms. The second kappa shape index (κ2) is 5.11. The summed E-state index contributed by atoms with van der Waals surface area (Å²) < 4.78 is 0. The Morgan fingerprint density at radius 3 is 2.67 bits per heavy atom. The first kappa shape index (κ1) is 13.1. The molecule has 1 fully saturated rings. The van der Waals surface area contributed by atoms with Crippen molar-refractivity contribution >= 4 is 5.91 Å². The summed E-state index contributed by atoms with van der Waals surface area (Å²) in [7, 11) is 0. The third-order valence-electron chi connectivity index (χ3n) is 3.90. The number of carbonyl (C=O) groups excluding carboxylic acids is 1. The quantitative estimate of drug-likeness (QED) is 0.831. The maximum atomic E-state index is 11.9. The first-order valence-electron chi connectivity index (χ1n) is 6.58. The number of amides is 1. The van der Waals surface area contributed by atoms with Crippen molar-refractivity contribution < 1.29 is 4.79 Å². The molecule has 2 rings (SSSR count). The minimum absolute atomic E-state index is 0.0988. The van der Waals surface area contributed by atoms with Crippen LogP contribution in [0.2, 0.25) is 0 Å². The molecule has 98 valence electrons. The van der Waals surface area contributed by atoms with E-state index in [1.165, 1.54) is 11.1 Å². The van der Waals surface area contributed by atoms with E-state index in [-0.39, 0.29) is 11.3 Å². The standard InChI is InChI=1S/C15H22N2O/c1-11-3-4-13(12(2)7-11)8-14(18)17-10-15(9-16)5-6-15/h3-4,7H,5-6,8-10,16H2,1-2H3,(H,17,18). The second-order valence-corrected chi connectivity index (χ2v) is 5.59. The van der Waals surface area contributed by atoms with Crippen LogP contribution in [0.1, 0.15) is 29.5 Å². The molecule has 1 aliphatic rings. The molecule has 1 aliphatic carbocycles. The predicted octanol–water partition coefficient (Wildman–Crippen LogP) is 1.70. The maximum Gasteiger partial charge on any atom is 0.224 e. The average Bonchev–Trinajstić information content (AvgIpc) is 3.11. The fourth-order valence-corrected chi connectivity index (χ4v) is 2.20. The third kappa shape index (κ3) is 3.10. The molecule has 1 saturated carbocycles. The zero-order chi connectivity index (χ0) is 13.2. The van der Waals surface area contributed by atoms with Crippen molar-refractivity contribution in [1.29, 1.82) is 0 Å². The lowest BCUT2D eigenvalue weighted by Crippen LogP contribution is -2.34. The monoisotopic (exact) mass is 246 g/mol. The molecule has 0 atom stereocenters. The van der Waals surface area contributed by atoms with Gasteiger partial charge in [-0.2, -0.15) is 0 Å². The Labute approximate surface area is 109 Å². The van der Waals surface area contributed by atoms with Gasteiger partial charge in [0.15, 0.2) is 0 Å². The molecule has 3 N–H and O–H groups in total. The van der Waals surface area contributed by atoms with Crippen LogP contribution >= 0.6 is 0 Å². The number of carbonyl (C=O) groups is 1. The van der Waals surface area contributed by atoms with Crippen molar-refractivity contribution in [2.24, 2.45) is 11.1 Å². The Balaban J connectivity index is 1.87. The highest BCUT2D eigenvalue weighted by Crippen LogP contribution is 2.43. The first-order valence-corrected chi connectivity index (χ1v) is 6.58. The smallest absolute Gasteiger partial charge is 0.224 e. The zero-order valence-electron chi connectivity index (χ0n) is 11.3. The largest absolute Gasteiger partial charge is 0.355 e. The molecule has 0 unspecified atom stereocenters. The molecule has 0 radical (unpaired) electrons. The summed E-state index contributed by atoms with van der Waals surface area (Å²) in [4.78, 5) is 11.9. The van der Waals surface area contributed by atoms with Gasteiger partial charge < -0.3 is 11.1 Å². The summed E-state index contributed by atoms with van der Waals surface area (Å²) in [5.74, 6) is 0.0988. The number of hydrogen-bond acceptors (Lipinski definition) is 2. The van der Waals surface area contributed by atoms with Crippen molar-refractivity contribution in [2.45, 2.75) is 33.1 Å². The van der Waals surface area contributed by atoms with E-state index >= 15 is 0 Å². The van der Waals surface area contributed by atoms with Crippen LogP contribution in [-0.2, 0) is 11.2 Å². The molecule has 3 heteroatoms. The third-order valence-corrected chi connectivity index (χ3v) is 3.90. The number of benzene rings is 1. The Kier molecular flexibility index (Phi) is 3.71. The molecule has 3 nitrogen and oxygen atoms in total. The van der Waals surface area contributed by atoms with Crippen LogP contribution < -0.4 is 11.1 Å². The normalized spacial score (nSPS) is 16.4. The Hall–Kier alpha value is -1.35. The number of aryl methyl sites for hydroxylation is 2. The molecule has 0 heterocycles. The average molecular weight is 246 g/mol. The lowest BCUT2D eigenvalue weighted by Gasteiger charge is -2.14. The topological polar surface area (TPSA) is 55.1 Å². The van der Waals surface area contributed by atoms with Gasteiger partial charge in [-0.1, -0.05) is 23.8 Å². The van der Waals surface area contributed by atoms with Crippen LogP contribution in [0, 0.1) is 19.3 Å². The first-order chi connectivity index (χ1) is 8.54. The van der Waals surface area contributed by atoms with Crippen molar-refractivity contribution in [1.82, 2.24) is 5.32 Å². The van der Waals surface area contributed by atoms with Gasteiger partial charge in [-0.15, -0.1) is 0 Å². The van der Waals surface area contributed by atoms with E-state index in [2.05, 4.69) is 31.3 Å². The van der Waals surface area contributed by atoms with E-state index in [0.717, 1.165) is 24.9 Å². The van der Waals surface area contributed by atoms with Gasteiger partial charge in [-0.05, 0) is 49.8 Å². The molecule has 0 aromatic heterocycles. The highest BCUT2D eigenvalue weighted by atomic mass is 16.1. The summed E-state index contributed by atoms with van der Waals surface area (Å²) in [6, 6.07) is 6.21. The van der Waals surface area contributed by atoms with E-state index < -0.39 is 0 Å². The molecular weight excluding hydrogens is 224 g/mol. The molecule has 0 spiro atoms. The van der Waals surface area contributed by atoms with Gasteiger partial charge in [-0.25, -0.2) is 0 Å². The highest BCUT2D eigenvalue weighted by Gasteiger charge is 2.41. The lowest BCUT2D eigenvalue weighted by molar-refractivity contribution is -0.120. The van der Waals surface area contributed by atoms with Crippen molar-refractivity contribution in [2.75, 3.05) is 13.1 Å². The lowest BCUT2D eigenvalue weighted by atomic mass is 10.0. The Morgan fingerprint density at radius 1 is 1.39 bits per heavy atom. The van der Waals surface area contributed by atoms with Gasteiger partial charge in [0.2, 0.25) is 5.91 Å². The van der Waals surface area contributed by atoms with Crippen molar-refractivity contribution in [3.05, 3.63) is 34.9 Å². The molecule has 1 aromatic rings. The van der Waals surface area contributed by atoms with Gasteiger partial charge in [0, 0.05) is 6.54 Å². The van der Waals surface area contributed by atoms with Gasteiger partial charge in [-0.3, -0.25) is 4.79 Å². The Morgan fingerprint density at radius 2 is 2.11 bits per heavy atom. The van der Waals surface area contributed by atoms with E-state index in [1.54, 1.807) is 0 Å². The molecule has 1 amide bonds. The Bertz CT molecular complexity index is 450. The predicted molar refractivity (Wildman–Crippen MR) is 73.4 cm³/mol. The second-order valence-electron chi connectivity index (χ2n) is 5.59. The van der Waals surface area contributed by atoms with Gasteiger partial charge in [0.25, 0.3) is 0 Å². The van der Waals surface area contributed by atoms with Gasteiger partial charge in [0.1, 0.15) is 0 Å². The number of hydrogen-bond donors (Lipinski definition) is 2. The fourth-order valence-electron chi connectivity index (χ4n) is 2.20. The van der Waals surface area contributed by atoms with E-state index in [0.29, 0.717) is 13.0 Å². The van der Waals surface area contributed by atoms with Crippen LogP contribution in [0.4, 0.5) is 0 Å². The van der Waals surface area contributed by atoms with Crippen LogP contribution in [-0.4, -0.2) is 19.0 Å². The number of rotatable bonds is 5. The summed E-state index contributed by atoms with van der Waals surface area (Å²) in [6.07, 6.45) is 2.76. The van der Waals surface area contributed by atoms with Crippen LogP contribution in [0.25, 0.3) is 0 Å². The van der Waals surface area contributed by atoms with Crippen molar-refractivity contribution in [3.63, 3.8) is 0 Å². The molecule has 18 heavy (non-hydrogen) atoms. The summed E-state index contributed by atoms with van der Waals surface area (Å²) in [5.41, 5.74) is 9.43. The summed E-state index contributed by atoms with van der Waals surface area (Å²) in [6.45, 7) is 5.52. The van der Waals surface area contributed by atoms with E-state index in [9.17, 15) is 4.79 Å². The molecule has 0 saturated heterocycles. The van der Waals surface area contributed by atoms with Gasteiger partial charge in [0.05, 0.1) is 6.42 Å². The number of nitrogens with two attached hydrogens (primary N) is 1. The van der Waals surface area contributed by atoms with Crippen LogP contribution in [0.5, 0.6) is 0 Å². The SMILES string of the molecule is Cc1ccc(CC(=O)NCC2(CN)CC2)c(C)c1. The van der Waals surface area contributed by atoms with Crippen LogP contribution in [0.3, 0.4) is 0 Å². The number of nitrogens with one attached hydrogen (secondary N) is 1. The van der Waals surface area contributed by atoms with Crippen molar-refractivity contribution in [3.8, 4) is 0 Å². The van der Waals surface area contributed by atoms with E-state index in [1.807, 2.05) is 6.07 Å². The fraction of sp³-hybridized carbons (Fsp3) is 0.533. The summed E-state index contributed by atoms with van der Waals surface area (Å²) >= 11 is 0. The molecule has 0 aliphatic heterocycles. The minimum atomic E-state index is 0.0988. The van der Waals surface area contributed by atoms with E-state index in [4.69, 9.17) is 5.73 Å². The highest BCUT2D eigenvalue weighted by molar-refractivity contribution is 5.79. The van der Waals surface area contributed by atoms with Gasteiger partial charge >= 0.3 is 0 Å². The van der Waals surface area contributed by atoms with Crippen LogP contribution in [0.15, 0.2) is 18.2 Å². The summed E-state index contributed by atoms with van der Waals surface area (Å²) in [5, 5.41) is 3.01. The maximum absolute atomic E-state index is 11.9. The molecular formula is C15H22N2O. The minimum Gasteiger partial charge on any atom is -0.355 e. The zero-order valence-corrected chi connectivity index (χ0v) is 11.3.